The van der Waals surface area contributed by atoms with Gasteiger partial charge in [-0.3, -0.25) is 0 Å². The van der Waals surface area contributed by atoms with Gasteiger partial charge in [0.2, 0.25) is 11.7 Å². The minimum atomic E-state index is -0.0730. The lowest BCUT2D eigenvalue weighted by atomic mass is 9.69. The van der Waals surface area contributed by atoms with Gasteiger partial charge in [0.15, 0.2) is 0 Å². The van der Waals surface area contributed by atoms with Crippen molar-refractivity contribution in [1.29, 1.82) is 0 Å². The van der Waals surface area contributed by atoms with E-state index in [0.29, 0.717) is 24.9 Å². The fraction of sp³-hybridized carbons (Fsp3) is 0.833. The maximum Gasteiger partial charge on any atom is 0.234 e. The molecule has 1 saturated carbocycles. The number of rotatable bonds is 3. The van der Waals surface area contributed by atoms with Crippen LogP contribution in [0.2, 0.25) is 0 Å². The number of ether oxygens (including phenoxy) is 1. The minimum absolute atomic E-state index is 0.0637. The summed E-state index contributed by atoms with van der Waals surface area (Å²) in [5.74, 6) is 1.36. The molecular weight excluding hydrogens is 232 g/mol. The lowest BCUT2D eigenvalue weighted by Crippen LogP contribution is -2.42. The normalized spacial score (nSPS) is 28.0. The van der Waals surface area contributed by atoms with E-state index in [4.69, 9.17) is 15.0 Å². The SMILES string of the molecule is CN1CCOC(c2noc(C3(CN)CCC3)n2)C1. The van der Waals surface area contributed by atoms with Gasteiger partial charge in [0, 0.05) is 19.6 Å². The Kier molecular flexibility index (Phi) is 3.09. The molecule has 0 spiro atoms. The van der Waals surface area contributed by atoms with E-state index >= 15 is 0 Å². The predicted octanol–water partition coefficient (Wildman–Crippen LogP) is 0.453. The highest BCUT2D eigenvalue weighted by Crippen LogP contribution is 2.42. The number of hydrogen-bond donors (Lipinski definition) is 1. The third-order valence-electron chi connectivity index (χ3n) is 4.15. The standard InChI is InChI=1S/C12H20N4O2/c1-16-5-6-17-9(7-16)10-14-11(18-15-10)12(8-13)3-2-4-12/h9H,2-8,13H2,1H3. The zero-order chi connectivity index (χ0) is 12.6. The highest BCUT2D eigenvalue weighted by molar-refractivity contribution is 5.12. The second-order valence-corrected chi connectivity index (χ2v) is 5.42. The van der Waals surface area contributed by atoms with Crippen LogP contribution in [0.3, 0.4) is 0 Å². The van der Waals surface area contributed by atoms with Crippen LogP contribution < -0.4 is 5.73 Å². The number of likely N-dealkylation sites (N-methyl/N-ethyl adjacent to an activating group) is 1. The molecule has 6 nitrogen and oxygen atoms in total. The molecular formula is C12H20N4O2. The number of hydrogen-bond acceptors (Lipinski definition) is 6. The zero-order valence-corrected chi connectivity index (χ0v) is 10.8. The summed E-state index contributed by atoms with van der Waals surface area (Å²) in [6.45, 7) is 3.07. The highest BCUT2D eigenvalue weighted by atomic mass is 16.5. The van der Waals surface area contributed by atoms with Crippen LogP contribution in [0.4, 0.5) is 0 Å². The molecule has 1 aromatic rings. The lowest BCUT2D eigenvalue weighted by molar-refractivity contribution is -0.0264. The Bertz CT molecular complexity index is 410. The maximum atomic E-state index is 5.84. The Morgan fingerprint density at radius 2 is 2.33 bits per heavy atom. The Balaban J connectivity index is 1.76. The van der Waals surface area contributed by atoms with E-state index in [1.807, 2.05) is 0 Å². The first kappa shape index (κ1) is 12.1. The van der Waals surface area contributed by atoms with Gasteiger partial charge in [0.1, 0.15) is 6.10 Å². The molecule has 2 aliphatic rings. The Hall–Kier alpha value is -0.980. The summed E-state index contributed by atoms with van der Waals surface area (Å²) in [5, 5.41) is 4.08. The van der Waals surface area contributed by atoms with E-state index < -0.39 is 0 Å². The largest absolute Gasteiger partial charge is 0.367 e. The van der Waals surface area contributed by atoms with Crippen molar-refractivity contribution in [2.75, 3.05) is 33.3 Å². The fourth-order valence-corrected chi connectivity index (χ4v) is 2.62. The molecule has 0 radical (unpaired) electrons. The van der Waals surface area contributed by atoms with Gasteiger partial charge < -0.3 is 19.9 Å². The van der Waals surface area contributed by atoms with E-state index in [2.05, 4.69) is 22.1 Å². The third-order valence-corrected chi connectivity index (χ3v) is 4.15. The van der Waals surface area contributed by atoms with Gasteiger partial charge in [0.25, 0.3) is 0 Å². The molecule has 1 aromatic heterocycles. The third kappa shape index (κ3) is 1.94. The fourth-order valence-electron chi connectivity index (χ4n) is 2.62. The first-order valence-electron chi connectivity index (χ1n) is 6.58. The Labute approximate surface area is 106 Å². The molecule has 3 rings (SSSR count). The van der Waals surface area contributed by atoms with Crippen LogP contribution in [0, 0.1) is 0 Å². The summed E-state index contributed by atoms with van der Waals surface area (Å²) in [4.78, 5) is 6.74. The maximum absolute atomic E-state index is 5.84. The van der Waals surface area contributed by atoms with Crippen LogP contribution in [0.15, 0.2) is 4.52 Å². The van der Waals surface area contributed by atoms with Gasteiger partial charge >= 0.3 is 0 Å². The number of nitrogens with two attached hydrogens (primary N) is 1. The topological polar surface area (TPSA) is 77.4 Å². The first-order valence-corrected chi connectivity index (χ1v) is 6.58. The van der Waals surface area contributed by atoms with Gasteiger partial charge in [-0.2, -0.15) is 4.98 Å². The van der Waals surface area contributed by atoms with E-state index in [0.717, 1.165) is 25.9 Å². The molecule has 0 aromatic carbocycles. The van der Waals surface area contributed by atoms with Crippen LogP contribution >= 0.6 is 0 Å². The molecule has 0 amide bonds. The van der Waals surface area contributed by atoms with Crippen molar-refractivity contribution < 1.29 is 9.26 Å². The zero-order valence-electron chi connectivity index (χ0n) is 10.8. The molecule has 100 valence electrons. The first-order chi connectivity index (χ1) is 8.73. The summed E-state index contributed by atoms with van der Waals surface area (Å²) in [7, 11) is 2.07. The average molecular weight is 252 g/mol. The van der Waals surface area contributed by atoms with Crippen molar-refractivity contribution in [1.82, 2.24) is 15.0 Å². The van der Waals surface area contributed by atoms with Crippen molar-refractivity contribution in [3.8, 4) is 0 Å². The average Bonchev–Trinajstić information content (AvgIpc) is 2.78. The number of nitrogens with zero attached hydrogens (tertiary/aromatic N) is 3. The molecule has 1 aliphatic heterocycles. The monoisotopic (exact) mass is 252 g/mol. The summed E-state index contributed by atoms with van der Waals surface area (Å²) >= 11 is 0. The van der Waals surface area contributed by atoms with E-state index in [-0.39, 0.29) is 11.5 Å². The second-order valence-electron chi connectivity index (χ2n) is 5.42. The molecule has 0 bridgehead atoms. The van der Waals surface area contributed by atoms with Crippen molar-refractivity contribution >= 4 is 0 Å². The van der Waals surface area contributed by atoms with Crippen LogP contribution in [0.1, 0.15) is 37.1 Å². The Morgan fingerprint density at radius 1 is 1.50 bits per heavy atom. The molecule has 1 aliphatic carbocycles. The number of morpholine rings is 1. The molecule has 2 N–H and O–H groups in total. The summed E-state index contributed by atoms with van der Waals surface area (Å²) in [6.07, 6.45) is 3.22. The number of aromatic nitrogens is 2. The lowest BCUT2D eigenvalue weighted by Gasteiger charge is -2.37. The molecule has 1 unspecified atom stereocenters. The van der Waals surface area contributed by atoms with Crippen molar-refractivity contribution in [3.63, 3.8) is 0 Å². The van der Waals surface area contributed by atoms with Gasteiger partial charge in [0.05, 0.1) is 12.0 Å². The van der Waals surface area contributed by atoms with Crippen LogP contribution in [-0.4, -0.2) is 48.3 Å². The smallest absolute Gasteiger partial charge is 0.234 e. The molecule has 18 heavy (non-hydrogen) atoms. The summed E-state index contributed by atoms with van der Waals surface area (Å²) < 4.78 is 11.1. The molecule has 1 saturated heterocycles. The van der Waals surface area contributed by atoms with E-state index in [1.54, 1.807) is 0 Å². The van der Waals surface area contributed by atoms with Crippen molar-refractivity contribution in [3.05, 3.63) is 11.7 Å². The highest BCUT2D eigenvalue weighted by Gasteiger charge is 2.43. The molecule has 6 heteroatoms. The quantitative estimate of drug-likeness (QED) is 0.841. The second kappa shape index (κ2) is 4.60. The molecule has 1 atom stereocenters. The molecule has 2 fully saturated rings. The van der Waals surface area contributed by atoms with Crippen LogP contribution in [-0.2, 0) is 10.2 Å². The van der Waals surface area contributed by atoms with Gasteiger partial charge in [-0.15, -0.1) is 0 Å². The van der Waals surface area contributed by atoms with Crippen molar-refractivity contribution in [2.24, 2.45) is 5.73 Å². The summed E-state index contributed by atoms with van der Waals surface area (Å²) in [5.41, 5.74) is 5.78. The van der Waals surface area contributed by atoms with Crippen LogP contribution in [0.5, 0.6) is 0 Å². The minimum Gasteiger partial charge on any atom is -0.367 e. The van der Waals surface area contributed by atoms with Gasteiger partial charge in [-0.05, 0) is 19.9 Å². The Morgan fingerprint density at radius 3 is 2.94 bits per heavy atom. The van der Waals surface area contributed by atoms with Crippen LogP contribution in [0.25, 0.3) is 0 Å². The van der Waals surface area contributed by atoms with Gasteiger partial charge in [-0.25, -0.2) is 0 Å². The van der Waals surface area contributed by atoms with E-state index in [1.165, 1.54) is 6.42 Å². The summed E-state index contributed by atoms with van der Waals surface area (Å²) in [6, 6.07) is 0. The van der Waals surface area contributed by atoms with Gasteiger partial charge in [-0.1, -0.05) is 11.6 Å². The van der Waals surface area contributed by atoms with E-state index in [9.17, 15) is 0 Å². The molecule has 2 heterocycles. The predicted molar refractivity (Wildman–Crippen MR) is 65.1 cm³/mol. The van der Waals surface area contributed by atoms with Crippen molar-refractivity contribution in [2.45, 2.75) is 30.8 Å².